The van der Waals surface area contributed by atoms with Gasteiger partial charge in [0.05, 0.1) is 25.9 Å². The van der Waals surface area contributed by atoms with E-state index in [0.717, 1.165) is 28.0 Å². The van der Waals surface area contributed by atoms with Crippen LogP contribution in [0.3, 0.4) is 0 Å². The van der Waals surface area contributed by atoms with Crippen LogP contribution in [-0.4, -0.2) is 9.97 Å². The number of benzene rings is 2. The number of hydrogen-bond donors (Lipinski definition) is 0. The van der Waals surface area contributed by atoms with E-state index in [-0.39, 0.29) is 15.5 Å². The molecule has 0 bridgehead atoms. The maximum Gasteiger partial charge on any atom is 0.289 e. The van der Waals surface area contributed by atoms with Gasteiger partial charge in [0, 0.05) is 0 Å². The molecule has 0 atom stereocenters. The summed E-state index contributed by atoms with van der Waals surface area (Å²) in [7, 11) is 0. The highest BCUT2D eigenvalue weighted by Gasteiger charge is 2.17. The zero-order valence-corrected chi connectivity index (χ0v) is 21.5. The molecule has 8 heteroatoms. The van der Waals surface area contributed by atoms with Gasteiger partial charge in [-0.15, -0.1) is 22.7 Å². The molecule has 2 aromatic carbocycles. The molecule has 2 nitrogen and oxygen atoms in total. The molecule has 0 N–H and O–H groups in total. The molecule has 0 saturated heterocycles. The van der Waals surface area contributed by atoms with E-state index in [9.17, 15) is 17.6 Å². The third-order valence-electron chi connectivity index (χ3n) is 3.80. The summed E-state index contributed by atoms with van der Waals surface area (Å²) < 4.78 is 52.0. The Morgan fingerprint density at radius 3 is 1.94 bits per heavy atom. The minimum absolute atomic E-state index is 0.173. The van der Waals surface area contributed by atoms with Crippen LogP contribution in [0.2, 0.25) is 0 Å². The van der Waals surface area contributed by atoms with Crippen molar-refractivity contribution in [2.24, 2.45) is 0 Å². The van der Waals surface area contributed by atoms with Crippen molar-refractivity contribution in [1.82, 2.24) is 9.97 Å². The zero-order chi connectivity index (χ0) is 24.8. The molecule has 0 aliphatic heterocycles. The maximum atomic E-state index is 13.3. The van der Waals surface area contributed by atoms with Crippen molar-refractivity contribution in [1.29, 1.82) is 0 Å². The Morgan fingerprint density at radius 2 is 1.41 bits per heavy atom. The Hall–Kier alpha value is -2.06. The lowest BCUT2D eigenvalue weighted by atomic mass is 10.1. The van der Waals surface area contributed by atoms with E-state index in [4.69, 9.17) is 0 Å². The number of halogens is 4. The highest BCUT2D eigenvalue weighted by Crippen LogP contribution is 2.32. The van der Waals surface area contributed by atoms with Gasteiger partial charge in [-0.1, -0.05) is 60.6 Å². The first-order valence-corrected chi connectivity index (χ1v) is 12.5. The lowest BCUT2D eigenvalue weighted by molar-refractivity contribution is 0.151. The molecule has 0 unspecified atom stereocenters. The summed E-state index contributed by atoms with van der Waals surface area (Å²) in [5.74, 6) is -0.653. The Bertz CT molecular complexity index is 1020. The van der Waals surface area contributed by atoms with Gasteiger partial charge >= 0.3 is 0 Å². The van der Waals surface area contributed by atoms with Crippen molar-refractivity contribution in [2.45, 2.75) is 68.2 Å². The number of alkyl halides is 2. The smallest absolute Gasteiger partial charge is 0.244 e. The number of fused-ring (bicyclic) bond motifs is 2. The minimum atomic E-state index is -2.63. The number of rotatable bonds is 2. The average molecular weight is 489 g/mol. The van der Waals surface area contributed by atoms with Crippen LogP contribution in [0.4, 0.5) is 17.6 Å². The second-order valence-corrected chi connectivity index (χ2v) is 7.37. The fraction of sp³-hybridized carbons (Fsp3) is 0.417. The summed E-state index contributed by atoms with van der Waals surface area (Å²) in [5, 5.41) is -0.315. The van der Waals surface area contributed by atoms with Crippen LogP contribution in [0.25, 0.3) is 20.4 Å². The Morgan fingerprint density at radius 1 is 0.844 bits per heavy atom. The van der Waals surface area contributed by atoms with Crippen molar-refractivity contribution >= 4 is 43.1 Å². The molecule has 0 radical (unpaired) electrons. The monoisotopic (exact) mass is 488 g/mol. The van der Waals surface area contributed by atoms with Crippen LogP contribution in [-0.2, 0) is 6.42 Å². The summed E-state index contributed by atoms with van der Waals surface area (Å²) >= 11 is 2.07. The normalized spacial score (nSPS) is 9.66. The van der Waals surface area contributed by atoms with Gasteiger partial charge in [-0.3, -0.25) is 0 Å². The fourth-order valence-electron chi connectivity index (χ4n) is 2.47. The van der Waals surface area contributed by atoms with Crippen LogP contribution >= 0.6 is 22.7 Å². The largest absolute Gasteiger partial charge is 0.289 e. The van der Waals surface area contributed by atoms with E-state index >= 15 is 0 Å². The maximum absolute atomic E-state index is 13.3. The van der Waals surface area contributed by atoms with E-state index < -0.39 is 12.2 Å². The SMILES string of the molecule is CC.CC.CC.CCc1ccc(F)c2sc(C(F)F)nc12.Cc1ccc(F)c2scnc12. The molecular formula is C24H32F4N2S2. The number of aryl methyl sites for hydroxylation is 2. The number of thiazole rings is 2. The van der Waals surface area contributed by atoms with Gasteiger partial charge in [0.2, 0.25) is 0 Å². The minimum Gasteiger partial charge on any atom is -0.244 e. The van der Waals surface area contributed by atoms with Crippen molar-refractivity contribution in [2.75, 3.05) is 0 Å². The third kappa shape index (κ3) is 7.52. The van der Waals surface area contributed by atoms with Gasteiger partial charge in [0.15, 0.2) is 5.01 Å². The van der Waals surface area contributed by atoms with Gasteiger partial charge in [0.25, 0.3) is 6.43 Å². The van der Waals surface area contributed by atoms with Crippen molar-refractivity contribution in [3.63, 3.8) is 0 Å². The molecule has 4 aromatic rings. The number of nitrogens with zero attached hydrogens (tertiary/aromatic N) is 2. The highest BCUT2D eigenvalue weighted by molar-refractivity contribution is 7.18. The third-order valence-corrected chi connectivity index (χ3v) is 5.71. The molecule has 4 rings (SSSR count). The standard InChI is InChI=1S/C10H8F3NS.C8H6FNS.3C2H6/c1-2-5-3-4-6(11)8-7(5)14-10(15-8)9(12)13;1-5-2-3-6(9)8-7(5)10-4-11-8;3*1-2/h3-4,9H,2H2,1H3;2-4H,1H3;3*1-2H3. The highest BCUT2D eigenvalue weighted by atomic mass is 32.1. The molecule has 2 aromatic heterocycles. The van der Waals surface area contributed by atoms with Gasteiger partial charge in [-0.2, -0.15) is 0 Å². The van der Waals surface area contributed by atoms with Crippen LogP contribution < -0.4 is 0 Å². The summed E-state index contributed by atoms with van der Waals surface area (Å²) in [6.07, 6.45) is -1.98. The number of hydrogen-bond acceptors (Lipinski definition) is 4. The van der Waals surface area contributed by atoms with E-state index in [1.165, 1.54) is 23.5 Å². The molecular weight excluding hydrogens is 456 g/mol. The lowest BCUT2D eigenvalue weighted by Crippen LogP contribution is -1.86. The summed E-state index contributed by atoms with van der Waals surface area (Å²) in [5.41, 5.74) is 4.66. The fourth-order valence-corrected chi connectivity index (χ4v) is 4.12. The molecule has 0 amide bonds. The molecule has 0 fully saturated rings. The summed E-state index contributed by atoms with van der Waals surface area (Å²) in [4.78, 5) is 7.83. The number of aromatic nitrogens is 2. The molecule has 2 heterocycles. The average Bonchev–Trinajstić information content (AvgIpc) is 3.51. The van der Waals surface area contributed by atoms with Crippen LogP contribution in [0, 0.1) is 18.6 Å². The van der Waals surface area contributed by atoms with Gasteiger partial charge in [-0.25, -0.2) is 27.5 Å². The van der Waals surface area contributed by atoms with Crippen LogP contribution in [0.1, 0.15) is 71.0 Å². The molecule has 0 saturated carbocycles. The van der Waals surface area contributed by atoms with E-state index in [1.54, 1.807) is 17.6 Å². The van der Waals surface area contributed by atoms with Gasteiger partial charge in [-0.05, 0) is 36.6 Å². The Kier molecular flexibility index (Phi) is 14.7. The first-order valence-electron chi connectivity index (χ1n) is 10.8. The van der Waals surface area contributed by atoms with Crippen LogP contribution in [0.15, 0.2) is 29.8 Å². The molecule has 0 spiro atoms. The van der Waals surface area contributed by atoms with E-state index in [1.807, 2.05) is 55.4 Å². The molecule has 0 aliphatic carbocycles. The predicted molar refractivity (Wildman–Crippen MR) is 132 cm³/mol. The second-order valence-electron chi connectivity index (χ2n) is 5.48. The first-order chi connectivity index (χ1) is 15.4. The van der Waals surface area contributed by atoms with Crippen LogP contribution in [0.5, 0.6) is 0 Å². The van der Waals surface area contributed by atoms with Crippen molar-refractivity contribution in [3.05, 3.63) is 57.5 Å². The molecule has 0 aliphatic rings. The van der Waals surface area contributed by atoms with E-state index in [2.05, 4.69) is 9.97 Å². The van der Waals surface area contributed by atoms with E-state index in [0.29, 0.717) is 16.6 Å². The first kappa shape index (κ1) is 29.9. The summed E-state index contributed by atoms with van der Waals surface area (Å²) in [6, 6.07) is 6.12. The quantitative estimate of drug-likeness (QED) is 0.262. The zero-order valence-electron chi connectivity index (χ0n) is 19.9. The van der Waals surface area contributed by atoms with Gasteiger partial charge in [0.1, 0.15) is 11.6 Å². The summed E-state index contributed by atoms with van der Waals surface area (Å²) in [6.45, 7) is 15.8. The Labute approximate surface area is 196 Å². The predicted octanol–water partition coefficient (Wildman–Crippen LogP) is 9.76. The Balaban J connectivity index is 0.000000500. The van der Waals surface area contributed by atoms with Gasteiger partial charge < -0.3 is 0 Å². The van der Waals surface area contributed by atoms with Crippen molar-refractivity contribution < 1.29 is 17.6 Å². The molecule has 32 heavy (non-hydrogen) atoms. The van der Waals surface area contributed by atoms with Crippen molar-refractivity contribution in [3.8, 4) is 0 Å². The topological polar surface area (TPSA) is 25.8 Å². The second kappa shape index (κ2) is 15.7. The lowest BCUT2D eigenvalue weighted by Gasteiger charge is -1.97. The molecule has 178 valence electrons.